The second-order valence-electron chi connectivity index (χ2n) is 6.52. The number of Topliss-reactive ketones (excluding diaryl/α,β-unsaturated/α-hetero) is 1. The Morgan fingerprint density at radius 1 is 1.03 bits per heavy atom. The lowest BCUT2D eigenvalue weighted by Crippen LogP contribution is -2.15. The minimum Gasteiger partial charge on any atom is -0.497 e. The fourth-order valence-corrected chi connectivity index (χ4v) is 3.82. The summed E-state index contributed by atoms with van der Waals surface area (Å²) < 4.78 is 17.7. The largest absolute Gasteiger partial charge is 0.497 e. The third-order valence-corrected chi connectivity index (χ3v) is 5.59. The zero-order valence-corrected chi connectivity index (χ0v) is 17.7. The Balaban J connectivity index is 1.70. The first-order chi connectivity index (χ1) is 13.9. The molecular weight excluding hydrogens is 390 g/mol. The smallest absolute Gasteiger partial charge is 0.340 e. The van der Waals surface area contributed by atoms with Crippen LogP contribution in [0.3, 0.4) is 0 Å². The maximum absolute atomic E-state index is 12.6. The van der Waals surface area contributed by atoms with Gasteiger partial charge in [0, 0.05) is 22.3 Å². The molecule has 1 aromatic carbocycles. The zero-order chi connectivity index (χ0) is 21.0. The van der Waals surface area contributed by atoms with Crippen molar-refractivity contribution in [1.29, 1.82) is 0 Å². The molecule has 0 aliphatic rings. The third kappa shape index (κ3) is 4.51. The Hall–Kier alpha value is -3.06. The molecule has 0 bridgehead atoms. The van der Waals surface area contributed by atoms with Crippen LogP contribution in [0.2, 0.25) is 0 Å². The Morgan fingerprint density at radius 3 is 2.48 bits per heavy atom. The summed E-state index contributed by atoms with van der Waals surface area (Å²) in [6.45, 7) is 4.16. The minimum atomic E-state index is -0.517. The molecule has 0 aliphatic carbocycles. The molecule has 0 saturated heterocycles. The van der Waals surface area contributed by atoms with Gasteiger partial charge in [0.2, 0.25) is 5.78 Å². The van der Waals surface area contributed by atoms with Crippen molar-refractivity contribution in [3.05, 3.63) is 69.2 Å². The van der Waals surface area contributed by atoms with E-state index in [1.807, 2.05) is 25.3 Å². The second kappa shape index (κ2) is 8.96. The van der Waals surface area contributed by atoms with Gasteiger partial charge in [-0.3, -0.25) is 4.79 Å². The number of aryl methyl sites for hydroxylation is 1. The molecule has 152 valence electrons. The van der Waals surface area contributed by atoms with Crippen molar-refractivity contribution in [1.82, 2.24) is 4.57 Å². The number of ether oxygens (including phenoxy) is 3. The summed E-state index contributed by atoms with van der Waals surface area (Å²) in [5.74, 6) is 0.0923. The number of carbonyl (C=O) groups excluding carboxylic acids is 2. The van der Waals surface area contributed by atoms with Crippen molar-refractivity contribution >= 4 is 23.1 Å². The number of thiophene rings is 1. The first kappa shape index (κ1) is 20.7. The van der Waals surface area contributed by atoms with Crippen LogP contribution in [0.1, 0.15) is 37.0 Å². The van der Waals surface area contributed by atoms with Gasteiger partial charge >= 0.3 is 5.97 Å². The fraction of sp³-hybridized carbons (Fsp3) is 0.273. The van der Waals surface area contributed by atoms with Gasteiger partial charge in [-0.1, -0.05) is 6.07 Å². The average Bonchev–Trinajstić information content (AvgIpc) is 3.35. The predicted octanol–water partition coefficient (Wildman–Crippen LogP) is 4.27. The molecule has 0 saturated carbocycles. The van der Waals surface area contributed by atoms with Gasteiger partial charge in [0.05, 0.1) is 31.9 Å². The highest BCUT2D eigenvalue weighted by Crippen LogP contribution is 2.25. The highest BCUT2D eigenvalue weighted by atomic mass is 32.1. The van der Waals surface area contributed by atoms with Gasteiger partial charge < -0.3 is 18.8 Å². The van der Waals surface area contributed by atoms with E-state index in [2.05, 4.69) is 10.6 Å². The lowest BCUT2D eigenvalue weighted by molar-refractivity contribution is 0.0473. The van der Waals surface area contributed by atoms with Crippen LogP contribution in [0.5, 0.6) is 11.5 Å². The van der Waals surface area contributed by atoms with Gasteiger partial charge in [0.25, 0.3) is 0 Å². The SMILES string of the molecule is COc1ccc(C(=O)COC(=O)c2cc(C)n(Cc3cccs3)c2C)c(OC)c1. The summed E-state index contributed by atoms with van der Waals surface area (Å²) in [5, 5.41) is 2.03. The van der Waals surface area contributed by atoms with E-state index in [9.17, 15) is 9.59 Å². The van der Waals surface area contributed by atoms with Gasteiger partial charge in [-0.2, -0.15) is 0 Å². The van der Waals surface area contributed by atoms with Crippen LogP contribution in [0.15, 0.2) is 41.8 Å². The van der Waals surface area contributed by atoms with Crippen LogP contribution < -0.4 is 9.47 Å². The van der Waals surface area contributed by atoms with Crippen LogP contribution in [0.4, 0.5) is 0 Å². The van der Waals surface area contributed by atoms with E-state index in [0.717, 1.165) is 11.4 Å². The Morgan fingerprint density at radius 2 is 1.83 bits per heavy atom. The highest BCUT2D eigenvalue weighted by molar-refractivity contribution is 7.09. The van der Waals surface area contributed by atoms with Crippen LogP contribution in [-0.2, 0) is 11.3 Å². The second-order valence-corrected chi connectivity index (χ2v) is 7.55. The van der Waals surface area contributed by atoms with Crippen LogP contribution in [-0.4, -0.2) is 37.1 Å². The van der Waals surface area contributed by atoms with E-state index in [4.69, 9.17) is 14.2 Å². The van der Waals surface area contributed by atoms with Gasteiger partial charge in [0.15, 0.2) is 6.61 Å². The van der Waals surface area contributed by atoms with E-state index < -0.39 is 5.97 Å². The van der Waals surface area contributed by atoms with Crippen molar-refractivity contribution in [2.24, 2.45) is 0 Å². The van der Waals surface area contributed by atoms with Crippen LogP contribution in [0.25, 0.3) is 0 Å². The molecule has 0 atom stereocenters. The summed E-state index contributed by atoms with van der Waals surface area (Å²) >= 11 is 1.67. The molecule has 0 fully saturated rings. The maximum Gasteiger partial charge on any atom is 0.340 e. The summed E-state index contributed by atoms with van der Waals surface area (Å²) in [7, 11) is 3.01. The Bertz CT molecular complexity index is 1020. The molecule has 2 aromatic heterocycles. The summed E-state index contributed by atoms with van der Waals surface area (Å²) in [6, 6.07) is 10.7. The number of ketones is 1. The summed E-state index contributed by atoms with van der Waals surface area (Å²) in [6.07, 6.45) is 0. The standard InChI is InChI=1S/C22H23NO5S/c1-14-10-19(15(2)23(14)12-17-6-5-9-29-17)22(25)28-13-20(24)18-8-7-16(26-3)11-21(18)27-4/h5-11H,12-13H2,1-4H3. The van der Waals surface area contributed by atoms with Crippen molar-refractivity contribution < 1.29 is 23.8 Å². The molecule has 6 nitrogen and oxygen atoms in total. The number of esters is 1. The monoisotopic (exact) mass is 413 g/mol. The molecule has 3 rings (SSSR count). The number of aromatic nitrogens is 1. The first-order valence-corrected chi connectivity index (χ1v) is 9.94. The number of hydrogen-bond donors (Lipinski definition) is 0. The Labute approximate surface area is 173 Å². The first-order valence-electron chi connectivity index (χ1n) is 9.06. The summed E-state index contributed by atoms with van der Waals surface area (Å²) in [5.41, 5.74) is 2.58. The van der Waals surface area contributed by atoms with Gasteiger partial charge in [-0.05, 0) is 43.5 Å². The molecule has 2 heterocycles. The normalized spacial score (nSPS) is 10.6. The topological polar surface area (TPSA) is 66.8 Å². The number of carbonyl (C=O) groups is 2. The molecule has 0 amide bonds. The quantitative estimate of drug-likeness (QED) is 0.408. The Kier molecular flexibility index (Phi) is 6.39. The van der Waals surface area contributed by atoms with Crippen molar-refractivity contribution in [3.63, 3.8) is 0 Å². The zero-order valence-electron chi connectivity index (χ0n) is 16.9. The minimum absolute atomic E-state index is 0.337. The molecule has 0 radical (unpaired) electrons. The molecule has 3 aromatic rings. The van der Waals surface area contributed by atoms with Gasteiger partial charge in [-0.25, -0.2) is 4.79 Å². The lowest BCUT2D eigenvalue weighted by atomic mass is 10.1. The molecule has 0 unspecified atom stereocenters. The number of methoxy groups -OCH3 is 2. The van der Waals surface area contributed by atoms with E-state index >= 15 is 0 Å². The third-order valence-electron chi connectivity index (χ3n) is 4.73. The predicted molar refractivity (Wildman–Crippen MR) is 111 cm³/mol. The van der Waals surface area contributed by atoms with E-state index in [1.165, 1.54) is 19.1 Å². The van der Waals surface area contributed by atoms with E-state index in [-0.39, 0.29) is 12.4 Å². The fourth-order valence-electron chi connectivity index (χ4n) is 3.12. The van der Waals surface area contributed by atoms with E-state index in [0.29, 0.717) is 29.2 Å². The van der Waals surface area contributed by atoms with Crippen molar-refractivity contribution in [2.75, 3.05) is 20.8 Å². The maximum atomic E-state index is 12.6. The lowest BCUT2D eigenvalue weighted by Gasteiger charge is -2.10. The van der Waals surface area contributed by atoms with Crippen molar-refractivity contribution in [2.45, 2.75) is 20.4 Å². The number of nitrogens with zero attached hydrogens (tertiary/aromatic N) is 1. The molecule has 0 N–H and O–H groups in total. The molecule has 0 spiro atoms. The molecule has 7 heteroatoms. The van der Waals surface area contributed by atoms with Crippen LogP contribution >= 0.6 is 11.3 Å². The molecule has 29 heavy (non-hydrogen) atoms. The number of rotatable bonds is 8. The number of hydrogen-bond acceptors (Lipinski definition) is 6. The van der Waals surface area contributed by atoms with Crippen molar-refractivity contribution in [3.8, 4) is 11.5 Å². The van der Waals surface area contributed by atoms with Gasteiger partial charge in [-0.15, -0.1) is 11.3 Å². The highest BCUT2D eigenvalue weighted by Gasteiger charge is 2.20. The summed E-state index contributed by atoms with van der Waals surface area (Å²) in [4.78, 5) is 26.3. The molecular formula is C22H23NO5S. The van der Waals surface area contributed by atoms with Gasteiger partial charge in [0.1, 0.15) is 11.5 Å². The molecule has 0 aliphatic heterocycles. The average molecular weight is 413 g/mol. The number of benzene rings is 1. The van der Waals surface area contributed by atoms with Crippen LogP contribution in [0, 0.1) is 13.8 Å². The van der Waals surface area contributed by atoms with E-state index in [1.54, 1.807) is 35.6 Å².